The summed E-state index contributed by atoms with van der Waals surface area (Å²) in [6.45, 7) is 0. The molecule has 1 aliphatic carbocycles. The molecule has 2 nitrogen and oxygen atoms in total. The number of benzene rings is 3. The number of aryl methyl sites for hydroxylation is 2. The molecule has 1 aromatic heterocycles. The summed E-state index contributed by atoms with van der Waals surface area (Å²) in [6, 6.07) is 31.2. The van der Waals surface area contributed by atoms with Crippen molar-refractivity contribution in [3.63, 3.8) is 0 Å². The van der Waals surface area contributed by atoms with Crippen molar-refractivity contribution in [1.29, 1.82) is 0 Å². The summed E-state index contributed by atoms with van der Waals surface area (Å²) in [7, 11) is 0. The molecule has 0 N–H and O–H groups in total. The number of hydrogen-bond donors (Lipinski definition) is 0. The molecule has 152 valence electrons. The minimum absolute atomic E-state index is 0.137. The Bertz CT molecular complexity index is 1160. The van der Waals surface area contributed by atoms with Gasteiger partial charge in [-0.1, -0.05) is 90.6 Å². The monoisotopic (exact) mass is 421 g/mol. The first kappa shape index (κ1) is 19.8. The van der Waals surface area contributed by atoms with Crippen LogP contribution >= 0.6 is 11.8 Å². The number of hydrogen-bond acceptors (Lipinski definition) is 3. The molecular weight excluding hydrogens is 398 g/mol. The average Bonchev–Trinajstić information content (AvgIpc) is 3.16. The second-order valence-corrected chi connectivity index (χ2v) is 8.84. The standard InChI is InChI=1S/C28H23NOS/c30-28(21-15-12-20(13-16-21)14-17-22-7-5-6-18-29-22)31-19-27-25-10-3-1-8-23(25)24-9-2-4-11-26(24)27/h1-13,15-16,18,27H,14,17,19H2. The SMILES string of the molecule is O=C(SCC1c2ccccc2-c2ccccc21)c1ccc(CCc2ccccn2)cc1. The van der Waals surface area contributed by atoms with Gasteiger partial charge < -0.3 is 0 Å². The van der Waals surface area contributed by atoms with Crippen LogP contribution in [0.5, 0.6) is 0 Å². The number of rotatable bonds is 6. The van der Waals surface area contributed by atoms with Gasteiger partial charge >= 0.3 is 0 Å². The Hall–Kier alpha value is -3.17. The lowest BCUT2D eigenvalue weighted by atomic mass is 9.99. The molecule has 1 heterocycles. The molecule has 0 unspecified atom stereocenters. The van der Waals surface area contributed by atoms with Gasteiger partial charge in [0.15, 0.2) is 0 Å². The highest BCUT2D eigenvalue weighted by molar-refractivity contribution is 8.14. The fourth-order valence-electron chi connectivity index (χ4n) is 4.31. The third kappa shape index (κ3) is 4.19. The van der Waals surface area contributed by atoms with Crippen LogP contribution < -0.4 is 0 Å². The van der Waals surface area contributed by atoms with E-state index in [-0.39, 0.29) is 11.0 Å². The number of pyridine rings is 1. The van der Waals surface area contributed by atoms with E-state index in [0.717, 1.165) is 29.9 Å². The van der Waals surface area contributed by atoms with E-state index in [0.29, 0.717) is 0 Å². The predicted molar refractivity (Wildman–Crippen MR) is 129 cm³/mol. The van der Waals surface area contributed by atoms with Gasteiger partial charge in [-0.3, -0.25) is 9.78 Å². The third-order valence-electron chi connectivity index (χ3n) is 5.93. The van der Waals surface area contributed by atoms with E-state index in [1.807, 2.05) is 36.5 Å². The molecule has 1 aliphatic rings. The number of aromatic nitrogens is 1. The third-order valence-corrected chi connectivity index (χ3v) is 6.93. The Kier molecular flexibility index (Phi) is 5.68. The average molecular weight is 422 g/mol. The minimum Gasteiger partial charge on any atom is -0.282 e. The van der Waals surface area contributed by atoms with Crippen molar-refractivity contribution >= 4 is 16.9 Å². The van der Waals surface area contributed by atoms with Crippen LogP contribution in [0, 0.1) is 0 Å². The van der Waals surface area contributed by atoms with Crippen molar-refractivity contribution in [3.05, 3.63) is 125 Å². The molecular formula is C28H23NOS. The molecule has 0 saturated heterocycles. The van der Waals surface area contributed by atoms with Gasteiger partial charge in [0, 0.05) is 29.1 Å². The van der Waals surface area contributed by atoms with Crippen LogP contribution in [-0.2, 0) is 12.8 Å². The number of fused-ring (bicyclic) bond motifs is 3. The fraction of sp³-hybridized carbons (Fsp3) is 0.143. The summed E-state index contributed by atoms with van der Waals surface area (Å²) in [5, 5.41) is 0.137. The van der Waals surface area contributed by atoms with Crippen LogP contribution in [0.1, 0.15) is 38.7 Å². The van der Waals surface area contributed by atoms with Crippen LogP contribution in [-0.4, -0.2) is 15.9 Å². The molecule has 3 heteroatoms. The van der Waals surface area contributed by atoms with Crippen molar-refractivity contribution in [3.8, 4) is 11.1 Å². The topological polar surface area (TPSA) is 30.0 Å². The second-order valence-electron chi connectivity index (χ2n) is 7.84. The number of carbonyl (C=O) groups is 1. The van der Waals surface area contributed by atoms with Gasteiger partial charge in [0.1, 0.15) is 0 Å². The molecule has 0 amide bonds. The Balaban J connectivity index is 1.24. The quantitative estimate of drug-likeness (QED) is 0.353. The molecule has 31 heavy (non-hydrogen) atoms. The highest BCUT2D eigenvalue weighted by atomic mass is 32.2. The van der Waals surface area contributed by atoms with E-state index in [9.17, 15) is 4.79 Å². The molecule has 0 bridgehead atoms. The van der Waals surface area contributed by atoms with Crippen LogP contribution in [0.25, 0.3) is 11.1 Å². The lowest BCUT2D eigenvalue weighted by Crippen LogP contribution is -2.04. The van der Waals surface area contributed by atoms with E-state index in [2.05, 4.69) is 65.6 Å². The van der Waals surface area contributed by atoms with Gasteiger partial charge in [0.05, 0.1) is 0 Å². The van der Waals surface area contributed by atoms with Gasteiger partial charge in [0.2, 0.25) is 5.12 Å². The Morgan fingerprint density at radius 2 is 1.39 bits per heavy atom. The molecule has 0 saturated carbocycles. The molecule has 0 radical (unpaired) electrons. The lowest BCUT2D eigenvalue weighted by Gasteiger charge is -2.12. The first-order valence-corrected chi connectivity index (χ1v) is 11.6. The molecule has 0 aliphatic heterocycles. The molecule has 0 atom stereocenters. The van der Waals surface area contributed by atoms with Gasteiger partial charge in [-0.15, -0.1) is 0 Å². The van der Waals surface area contributed by atoms with E-state index in [4.69, 9.17) is 0 Å². The zero-order chi connectivity index (χ0) is 21.0. The van der Waals surface area contributed by atoms with Gasteiger partial charge in [-0.05, 0) is 52.8 Å². The van der Waals surface area contributed by atoms with Crippen LogP contribution in [0.2, 0.25) is 0 Å². The Labute approximate surface area is 187 Å². The van der Waals surface area contributed by atoms with E-state index in [1.54, 1.807) is 0 Å². The lowest BCUT2D eigenvalue weighted by molar-refractivity contribution is 0.108. The fourth-order valence-corrected chi connectivity index (χ4v) is 5.29. The smallest absolute Gasteiger partial charge is 0.219 e. The molecule has 4 aromatic rings. The summed E-state index contributed by atoms with van der Waals surface area (Å²) >= 11 is 1.42. The van der Waals surface area contributed by atoms with E-state index >= 15 is 0 Å². The predicted octanol–water partition coefficient (Wildman–Crippen LogP) is 6.55. The van der Waals surface area contributed by atoms with E-state index in [1.165, 1.54) is 39.6 Å². The van der Waals surface area contributed by atoms with Gasteiger partial charge in [-0.2, -0.15) is 0 Å². The zero-order valence-electron chi connectivity index (χ0n) is 17.2. The zero-order valence-corrected chi connectivity index (χ0v) is 18.0. The van der Waals surface area contributed by atoms with Crippen molar-refractivity contribution in [1.82, 2.24) is 4.98 Å². The van der Waals surface area contributed by atoms with Crippen LogP contribution in [0.3, 0.4) is 0 Å². The van der Waals surface area contributed by atoms with Crippen molar-refractivity contribution in [2.45, 2.75) is 18.8 Å². The highest BCUT2D eigenvalue weighted by Gasteiger charge is 2.28. The molecule has 5 rings (SSSR count). The maximum absolute atomic E-state index is 12.9. The van der Waals surface area contributed by atoms with Crippen molar-refractivity contribution < 1.29 is 4.79 Å². The first-order chi connectivity index (χ1) is 15.3. The summed E-state index contributed by atoms with van der Waals surface area (Å²) in [5.74, 6) is 1.02. The summed E-state index contributed by atoms with van der Waals surface area (Å²) < 4.78 is 0. The maximum atomic E-state index is 12.9. The van der Waals surface area contributed by atoms with Crippen molar-refractivity contribution in [2.24, 2.45) is 0 Å². The summed E-state index contributed by atoms with van der Waals surface area (Å²) in [4.78, 5) is 17.2. The first-order valence-electron chi connectivity index (χ1n) is 10.6. The highest BCUT2D eigenvalue weighted by Crippen LogP contribution is 2.45. The van der Waals surface area contributed by atoms with Crippen LogP contribution in [0.4, 0.5) is 0 Å². The van der Waals surface area contributed by atoms with Gasteiger partial charge in [0.25, 0.3) is 0 Å². The second kappa shape index (κ2) is 8.91. The minimum atomic E-state index is 0.137. The summed E-state index contributed by atoms with van der Waals surface area (Å²) in [6.07, 6.45) is 3.66. The van der Waals surface area contributed by atoms with Gasteiger partial charge in [-0.25, -0.2) is 0 Å². The molecule has 3 aromatic carbocycles. The Morgan fingerprint density at radius 1 is 0.742 bits per heavy atom. The normalized spacial score (nSPS) is 12.4. The largest absolute Gasteiger partial charge is 0.282 e. The van der Waals surface area contributed by atoms with Crippen LogP contribution in [0.15, 0.2) is 97.2 Å². The number of nitrogens with zero attached hydrogens (tertiary/aromatic N) is 1. The Morgan fingerprint density at radius 3 is 2.03 bits per heavy atom. The summed E-state index contributed by atoms with van der Waals surface area (Å²) in [5.41, 5.74) is 8.34. The van der Waals surface area contributed by atoms with Crippen molar-refractivity contribution in [2.75, 3.05) is 5.75 Å². The number of carbonyl (C=O) groups excluding carboxylic acids is 1. The molecule has 0 spiro atoms. The molecule has 0 fully saturated rings. The maximum Gasteiger partial charge on any atom is 0.219 e. The van der Waals surface area contributed by atoms with E-state index < -0.39 is 0 Å². The number of thioether (sulfide) groups is 1.